The number of nitrogens with zero attached hydrogens (tertiary/aromatic N) is 2. The second-order valence-electron chi connectivity index (χ2n) is 5.11. The fraction of sp³-hybridized carbons (Fsp3) is 0.643. The zero-order valence-corrected chi connectivity index (χ0v) is 11.5. The molecule has 1 atom stereocenters. The molecule has 2 rings (SSSR count). The first-order chi connectivity index (χ1) is 8.70. The van der Waals surface area contributed by atoms with Gasteiger partial charge in [-0.15, -0.1) is 0 Å². The molecule has 1 fully saturated rings. The van der Waals surface area contributed by atoms with Crippen LogP contribution >= 0.6 is 0 Å². The molecule has 100 valence electrons. The summed E-state index contributed by atoms with van der Waals surface area (Å²) in [6.45, 7) is 6.55. The third kappa shape index (κ3) is 3.13. The van der Waals surface area contributed by atoms with Crippen LogP contribution in [0.2, 0.25) is 0 Å². The van der Waals surface area contributed by atoms with E-state index in [1.54, 1.807) is 7.11 Å². The van der Waals surface area contributed by atoms with Gasteiger partial charge in [-0.05, 0) is 18.9 Å². The van der Waals surface area contributed by atoms with Crippen LogP contribution < -0.4 is 15.0 Å². The predicted octanol–water partition coefficient (Wildman–Crippen LogP) is 2.06. The summed E-state index contributed by atoms with van der Waals surface area (Å²) in [5, 5.41) is 3.53. The molecule has 1 aliphatic heterocycles. The van der Waals surface area contributed by atoms with Crippen molar-refractivity contribution in [3.63, 3.8) is 0 Å². The van der Waals surface area contributed by atoms with E-state index < -0.39 is 0 Å². The van der Waals surface area contributed by atoms with Gasteiger partial charge in [-0.25, -0.2) is 4.98 Å². The Balaban J connectivity index is 2.05. The van der Waals surface area contributed by atoms with E-state index in [1.807, 2.05) is 12.3 Å². The molecule has 18 heavy (non-hydrogen) atoms. The van der Waals surface area contributed by atoms with Gasteiger partial charge < -0.3 is 15.0 Å². The fourth-order valence-corrected chi connectivity index (χ4v) is 2.45. The normalized spacial score (nSPS) is 19.6. The summed E-state index contributed by atoms with van der Waals surface area (Å²) in [6.07, 6.45) is 4.33. The highest BCUT2D eigenvalue weighted by Gasteiger charge is 2.24. The lowest BCUT2D eigenvalue weighted by atomic mass is 10.2. The van der Waals surface area contributed by atoms with Crippen LogP contribution in [-0.4, -0.2) is 37.3 Å². The second-order valence-corrected chi connectivity index (χ2v) is 5.11. The summed E-state index contributed by atoms with van der Waals surface area (Å²) in [5.41, 5.74) is 1.22. The largest absolute Gasteiger partial charge is 0.481 e. The highest BCUT2D eigenvalue weighted by Crippen LogP contribution is 2.26. The molecule has 1 N–H and O–H groups in total. The molecule has 4 nitrogen and oxygen atoms in total. The third-order valence-electron chi connectivity index (χ3n) is 3.40. The molecular formula is C14H23N3O. The third-order valence-corrected chi connectivity index (χ3v) is 3.40. The number of pyridine rings is 1. The average molecular weight is 249 g/mol. The highest BCUT2D eigenvalue weighted by molar-refractivity contribution is 5.50. The standard InChI is InChI=1S/C14H23N3O/c1-11(2)16-10-13-5-4-8-17(13)12-6-7-15-14(9-12)18-3/h6-7,9,11,13,16H,4-5,8,10H2,1-3H3. The Morgan fingerprint density at radius 3 is 3.11 bits per heavy atom. The Kier molecular flexibility index (Phi) is 4.42. The van der Waals surface area contributed by atoms with Gasteiger partial charge in [0.05, 0.1) is 7.11 Å². The van der Waals surface area contributed by atoms with Gasteiger partial charge in [0, 0.05) is 43.1 Å². The Morgan fingerprint density at radius 1 is 1.56 bits per heavy atom. The van der Waals surface area contributed by atoms with Crippen LogP contribution in [0.1, 0.15) is 26.7 Å². The van der Waals surface area contributed by atoms with Gasteiger partial charge in [0.2, 0.25) is 5.88 Å². The minimum absolute atomic E-state index is 0.541. The van der Waals surface area contributed by atoms with E-state index in [9.17, 15) is 0 Å². The number of rotatable bonds is 5. The van der Waals surface area contributed by atoms with E-state index in [0.717, 1.165) is 13.1 Å². The molecule has 2 heterocycles. The molecule has 0 radical (unpaired) electrons. The van der Waals surface area contributed by atoms with Crippen molar-refractivity contribution in [1.29, 1.82) is 0 Å². The van der Waals surface area contributed by atoms with Gasteiger partial charge in [-0.3, -0.25) is 0 Å². The first kappa shape index (κ1) is 13.1. The average Bonchev–Trinajstić information content (AvgIpc) is 2.84. The zero-order valence-electron chi connectivity index (χ0n) is 11.5. The van der Waals surface area contributed by atoms with Crippen LogP contribution in [0.3, 0.4) is 0 Å². The molecule has 1 aliphatic rings. The number of hydrogen-bond donors (Lipinski definition) is 1. The van der Waals surface area contributed by atoms with E-state index in [0.29, 0.717) is 18.0 Å². The van der Waals surface area contributed by atoms with Crippen LogP contribution in [0.5, 0.6) is 5.88 Å². The Bertz CT molecular complexity index is 381. The van der Waals surface area contributed by atoms with Crippen molar-refractivity contribution in [1.82, 2.24) is 10.3 Å². The lowest BCUT2D eigenvalue weighted by molar-refractivity contribution is 0.397. The lowest BCUT2D eigenvalue weighted by Crippen LogP contribution is -2.40. The molecule has 1 saturated heterocycles. The van der Waals surface area contributed by atoms with Crippen LogP contribution in [0.15, 0.2) is 18.3 Å². The van der Waals surface area contributed by atoms with E-state index in [4.69, 9.17) is 4.74 Å². The molecule has 0 aliphatic carbocycles. The fourth-order valence-electron chi connectivity index (χ4n) is 2.45. The minimum Gasteiger partial charge on any atom is -0.481 e. The molecular weight excluding hydrogens is 226 g/mol. The monoisotopic (exact) mass is 249 g/mol. The van der Waals surface area contributed by atoms with Crippen LogP contribution in [0.4, 0.5) is 5.69 Å². The first-order valence-corrected chi connectivity index (χ1v) is 6.70. The summed E-state index contributed by atoms with van der Waals surface area (Å²) in [4.78, 5) is 6.62. The molecule has 0 saturated carbocycles. The second kappa shape index (κ2) is 6.05. The molecule has 1 aromatic heterocycles. The smallest absolute Gasteiger partial charge is 0.214 e. The quantitative estimate of drug-likeness (QED) is 0.866. The molecule has 4 heteroatoms. The van der Waals surface area contributed by atoms with Crippen molar-refractivity contribution < 1.29 is 4.74 Å². The number of anilines is 1. The van der Waals surface area contributed by atoms with E-state index in [2.05, 4.69) is 35.1 Å². The van der Waals surface area contributed by atoms with Crippen LogP contribution in [0, 0.1) is 0 Å². The molecule has 1 aromatic rings. The Morgan fingerprint density at radius 2 is 2.39 bits per heavy atom. The topological polar surface area (TPSA) is 37.4 Å². The SMILES string of the molecule is COc1cc(N2CCCC2CNC(C)C)ccn1. The maximum atomic E-state index is 5.19. The van der Waals surface area contributed by atoms with Crippen LogP contribution in [-0.2, 0) is 0 Å². The lowest BCUT2D eigenvalue weighted by Gasteiger charge is -2.28. The van der Waals surface area contributed by atoms with Crippen molar-refractivity contribution in [2.45, 2.75) is 38.8 Å². The summed E-state index contributed by atoms with van der Waals surface area (Å²) >= 11 is 0. The van der Waals surface area contributed by atoms with Crippen LogP contribution in [0.25, 0.3) is 0 Å². The number of hydrogen-bond acceptors (Lipinski definition) is 4. The van der Waals surface area contributed by atoms with E-state index in [1.165, 1.54) is 18.5 Å². The van der Waals surface area contributed by atoms with Gasteiger partial charge in [0.15, 0.2) is 0 Å². The first-order valence-electron chi connectivity index (χ1n) is 6.70. The van der Waals surface area contributed by atoms with Gasteiger partial charge in [0.1, 0.15) is 0 Å². The molecule has 1 unspecified atom stereocenters. The van der Waals surface area contributed by atoms with Gasteiger partial charge >= 0.3 is 0 Å². The van der Waals surface area contributed by atoms with Crippen molar-refractivity contribution in [2.24, 2.45) is 0 Å². The minimum atomic E-state index is 0.541. The summed E-state index contributed by atoms with van der Waals surface area (Å²) < 4.78 is 5.19. The Labute approximate surface area is 109 Å². The maximum Gasteiger partial charge on any atom is 0.214 e. The van der Waals surface area contributed by atoms with Crippen molar-refractivity contribution in [3.8, 4) is 5.88 Å². The van der Waals surface area contributed by atoms with Crippen molar-refractivity contribution in [2.75, 3.05) is 25.1 Å². The highest BCUT2D eigenvalue weighted by atomic mass is 16.5. The number of nitrogens with one attached hydrogen (secondary N) is 1. The molecule has 0 spiro atoms. The maximum absolute atomic E-state index is 5.19. The predicted molar refractivity (Wildman–Crippen MR) is 74.3 cm³/mol. The summed E-state index contributed by atoms with van der Waals surface area (Å²) in [6, 6.07) is 5.21. The van der Waals surface area contributed by atoms with Gasteiger partial charge in [-0.1, -0.05) is 13.8 Å². The van der Waals surface area contributed by atoms with Crippen molar-refractivity contribution >= 4 is 5.69 Å². The number of methoxy groups -OCH3 is 1. The number of aromatic nitrogens is 1. The summed E-state index contributed by atoms with van der Waals surface area (Å²) in [5.74, 6) is 0.690. The van der Waals surface area contributed by atoms with E-state index in [-0.39, 0.29) is 0 Å². The van der Waals surface area contributed by atoms with Gasteiger partial charge in [-0.2, -0.15) is 0 Å². The molecule has 0 bridgehead atoms. The Hall–Kier alpha value is -1.29. The van der Waals surface area contributed by atoms with Crippen molar-refractivity contribution in [3.05, 3.63) is 18.3 Å². The van der Waals surface area contributed by atoms with Gasteiger partial charge in [0.25, 0.3) is 0 Å². The molecule has 0 amide bonds. The molecule has 0 aromatic carbocycles. The zero-order chi connectivity index (χ0) is 13.0. The van der Waals surface area contributed by atoms with E-state index >= 15 is 0 Å². The summed E-state index contributed by atoms with van der Waals surface area (Å²) in [7, 11) is 1.66. The number of ether oxygens (including phenoxy) is 1.